The molecule has 0 aliphatic carbocycles. The molecule has 0 fully saturated rings. The Morgan fingerprint density at radius 2 is 2.07 bits per heavy atom. The van der Waals surface area contributed by atoms with Gasteiger partial charge in [-0.2, -0.15) is 4.31 Å². The van der Waals surface area contributed by atoms with Crippen LogP contribution in [0.25, 0.3) is 5.57 Å². The molecule has 148 valence electrons. The van der Waals surface area contributed by atoms with Crippen molar-refractivity contribution in [3.8, 4) is 0 Å². The second-order valence-corrected chi connectivity index (χ2v) is 8.86. The Morgan fingerprint density at radius 3 is 2.71 bits per heavy atom. The van der Waals surface area contributed by atoms with E-state index in [-0.39, 0.29) is 17.4 Å². The fourth-order valence-electron chi connectivity index (χ4n) is 2.92. The monoisotopic (exact) mass is 401 g/mol. The van der Waals surface area contributed by atoms with Gasteiger partial charge in [-0.25, -0.2) is 18.4 Å². The number of carbonyl (C=O) groups is 1. The lowest BCUT2D eigenvalue weighted by molar-refractivity contribution is 0.102. The summed E-state index contributed by atoms with van der Waals surface area (Å²) in [6, 6.07) is 3.62. The molecule has 3 heterocycles. The molecule has 0 spiro atoms. The van der Waals surface area contributed by atoms with Gasteiger partial charge in [0.15, 0.2) is 0 Å². The summed E-state index contributed by atoms with van der Waals surface area (Å²) in [5.74, 6) is 0.156. The number of carbonyl (C=O) groups excluding carboxylic acids is 1. The second kappa shape index (κ2) is 8.15. The van der Waals surface area contributed by atoms with E-state index in [1.807, 2.05) is 19.1 Å². The molecular formula is C19H23N5O3S. The number of sulfonamides is 1. The van der Waals surface area contributed by atoms with Crippen molar-refractivity contribution >= 4 is 27.3 Å². The summed E-state index contributed by atoms with van der Waals surface area (Å²) in [6.45, 7) is 5.97. The second-order valence-electron chi connectivity index (χ2n) is 6.60. The van der Waals surface area contributed by atoms with Crippen molar-refractivity contribution < 1.29 is 13.2 Å². The Bertz CT molecular complexity index is 1030. The topological polar surface area (TPSA) is 105 Å². The van der Waals surface area contributed by atoms with Crippen LogP contribution >= 0.6 is 0 Å². The molecule has 0 saturated heterocycles. The minimum Gasteiger partial charge on any atom is -0.305 e. The average Bonchev–Trinajstić information content (AvgIpc) is 2.68. The molecule has 1 N–H and O–H groups in total. The van der Waals surface area contributed by atoms with E-state index in [4.69, 9.17) is 0 Å². The number of nitrogens with one attached hydrogen (secondary N) is 1. The molecule has 28 heavy (non-hydrogen) atoms. The highest BCUT2D eigenvalue weighted by molar-refractivity contribution is 7.89. The van der Waals surface area contributed by atoms with Crippen molar-refractivity contribution in [3.63, 3.8) is 0 Å². The molecule has 0 bridgehead atoms. The van der Waals surface area contributed by atoms with Crippen LogP contribution in [0.4, 0.5) is 5.82 Å². The zero-order valence-corrected chi connectivity index (χ0v) is 17.0. The van der Waals surface area contributed by atoms with E-state index >= 15 is 0 Å². The Kier molecular flexibility index (Phi) is 5.85. The molecule has 0 saturated carbocycles. The number of anilines is 1. The maximum atomic E-state index is 12.6. The summed E-state index contributed by atoms with van der Waals surface area (Å²) < 4.78 is 25.4. The van der Waals surface area contributed by atoms with Gasteiger partial charge in [-0.1, -0.05) is 6.08 Å². The molecule has 1 aliphatic heterocycles. The van der Waals surface area contributed by atoms with Gasteiger partial charge >= 0.3 is 0 Å². The van der Waals surface area contributed by atoms with E-state index in [2.05, 4.69) is 20.3 Å². The molecule has 0 radical (unpaired) electrons. The SMILES string of the molecule is CCS(=O)(=O)N1CC=C(c2cnc(C)c(C(=O)Nc3cc(C)ccn3)n2)CC1. The minimum atomic E-state index is -3.21. The first-order chi connectivity index (χ1) is 13.3. The molecular weight excluding hydrogens is 378 g/mol. The van der Waals surface area contributed by atoms with Crippen LogP contribution in [-0.2, 0) is 10.0 Å². The fraction of sp³-hybridized carbons (Fsp3) is 0.368. The van der Waals surface area contributed by atoms with Crippen molar-refractivity contribution in [2.24, 2.45) is 0 Å². The lowest BCUT2D eigenvalue weighted by Gasteiger charge is -2.25. The van der Waals surface area contributed by atoms with Gasteiger partial charge in [0.2, 0.25) is 10.0 Å². The van der Waals surface area contributed by atoms with Gasteiger partial charge in [0, 0.05) is 19.3 Å². The normalized spacial score (nSPS) is 15.2. The molecule has 1 aliphatic rings. The third kappa shape index (κ3) is 4.42. The van der Waals surface area contributed by atoms with E-state index < -0.39 is 10.0 Å². The average molecular weight is 401 g/mol. The third-order valence-corrected chi connectivity index (χ3v) is 6.43. The molecule has 0 aromatic carbocycles. The summed E-state index contributed by atoms with van der Waals surface area (Å²) in [6.07, 6.45) is 5.60. The highest BCUT2D eigenvalue weighted by atomic mass is 32.2. The molecule has 8 nitrogen and oxygen atoms in total. The van der Waals surface area contributed by atoms with Crippen molar-refractivity contribution in [2.75, 3.05) is 24.2 Å². The summed E-state index contributed by atoms with van der Waals surface area (Å²) >= 11 is 0. The van der Waals surface area contributed by atoms with Gasteiger partial charge in [-0.3, -0.25) is 9.78 Å². The van der Waals surface area contributed by atoms with Crippen LogP contribution in [0.3, 0.4) is 0 Å². The first-order valence-corrected chi connectivity index (χ1v) is 10.7. The highest BCUT2D eigenvalue weighted by Crippen LogP contribution is 2.23. The van der Waals surface area contributed by atoms with Crippen LogP contribution in [-0.4, -0.2) is 52.4 Å². The van der Waals surface area contributed by atoms with Crippen molar-refractivity contribution in [2.45, 2.75) is 27.2 Å². The molecule has 2 aromatic heterocycles. The zero-order valence-electron chi connectivity index (χ0n) is 16.1. The maximum Gasteiger partial charge on any atom is 0.277 e. The number of aromatic nitrogens is 3. The Morgan fingerprint density at radius 1 is 1.29 bits per heavy atom. The van der Waals surface area contributed by atoms with Crippen molar-refractivity contribution in [3.05, 3.63) is 53.2 Å². The van der Waals surface area contributed by atoms with Crippen LogP contribution in [0.1, 0.15) is 40.8 Å². The number of rotatable bonds is 5. The van der Waals surface area contributed by atoms with Crippen LogP contribution in [0.2, 0.25) is 0 Å². The summed E-state index contributed by atoms with van der Waals surface area (Å²) in [7, 11) is -3.21. The zero-order chi connectivity index (χ0) is 20.3. The maximum absolute atomic E-state index is 12.6. The lowest BCUT2D eigenvalue weighted by atomic mass is 10.1. The van der Waals surface area contributed by atoms with Gasteiger partial charge < -0.3 is 5.32 Å². The van der Waals surface area contributed by atoms with Crippen molar-refractivity contribution in [1.82, 2.24) is 19.3 Å². The number of nitrogens with zero attached hydrogens (tertiary/aromatic N) is 4. The summed E-state index contributed by atoms with van der Waals surface area (Å²) in [5.41, 5.74) is 3.20. The Labute approximate surface area is 164 Å². The number of hydrogen-bond donors (Lipinski definition) is 1. The molecule has 3 rings (SSSR count). The van der Waals surface area contributed by atoms with E-state index in [9.17, 15) is 13.2 Å². The fourth-order valence-corrected chi connectivity index (χ4v) is 3.95. The first kappa shape index (κ1) is 20.1. The standard InChI is InChI=1S/C19H23N5O3S/c1-4-28(26,27)24-9-6-15(7-10-24)16-12-21-14(3)18(22-16)19(25)23-17-11-13(2)5-8-20-17/h5-6,8,11-12H,4,7,9-10H2,1-3H3,(H,20,23,25). The van der Waals surface area contributed by atoms with Crippen molar-refractivity contribution in [1.29, 1.82) is 0 Å². The minimum absolute atomic E-state index is 0.0812. The van der Waals surface area contributed by atoms with E-state index in [1.54, 1.807) is 32.3 Å². The Balaban J connectivity index is 1.81. The molecule has 0 unspecified atom stereocenters. The predicted molar refractivity (Wildman–Crippen MR) is 107 cm³/mol. The number of hydrogen-bond acceptors (Lipinski definition) is 6. The molecule has 1 amide bonds. The summed E-state index contributed by atoms with van der Waals surface area (Å²) in [4.78, 5) is 25.6. The van der Waals surface area contributed by atoms with E-state index in [1.165, 1.54) is 4.31 Å². The molecule has 9 heteroatoms. The summed E-state index contributed by atoms with van der Waals surface area (Å²) in [5, 5.41) is 2.75. The lowest BCUT2D eigenvalue weighted by Crippen LogP contribution is -2.35. The number of amides is 1. The van der Waals surface area contributed by atoms with Crippen LogP contribution in [0, 0.1) is 13.8 Å². The Hall–Kier alpha value is -2.65. The number of aryl methyl sites for hydroxylation is 2. The van der Waals surface area contributed by atoms with Crippen LogP contribution < -0.4 is 5.32 Å². The smallest absolute Gasteiger partial charge is 0.277 e. The van der Waals surface area contributed by atoms with E-state index in [0.717, 1.165) is 11.1 Å². The van der Waals surface area contributed by atoms with Gasteiger partial charge in [-0.05, 0) is 50.5 Å². The van der Waals surface area contributed by atoms with Crippen LogP contribution in [0.5, 0.6) is 0 Å². The highest BCUT2D eigenvalue weighted by Gasteiger charge is 2.24. The van der Waals surface area contributed by atoms with E-state index in [0.29, 0.717) is 36.7 Å². The number of pyridine rings is 1. The molecule has 2 aromatic rings. The quantitative estimate of drug-likeness (QED) is 0.823. The largest absolute Gasteiger partial charge is 0.305 e. The third-order valence-electron chi connectivity index (χ3n) is 4.59. The van der Waals surface area contributed by atoms with Gasteiger partial charge in [0.25, 0.3) is 5.91 Å². The van der Waals surface area contributed by atoms with Crippen LogP contribution in [0.15, 0.2) is 30.6 Å². The molecule has 0 atom stereocenters. The first-order valence-electron chi connectivity index (χ1n) is 9.05. The van der Waals surface area contributed by atoms with Gasteiger partial charge in [0.1, 0.15) is 11.5 Å². The van der Waals surface area contributed by atoms with Gasteiger partial charge in [0.05, 0.1) is 23.3 Å². The predicted octanol–water partition coefficient (Wildman–Crippen LogP) is 2.18. The van der Waals surface area contributed by atoms with Gasteiger partial charge in [-0.15, -0.1) is 0 Å².